The predicted molar refractivity (Wildman–Crippen MR) is 64.5 cm³/mol. The second kappa shape index (κ2) is 3.81. The van der Waals surface area contributed by atoms with Gasteiger partial charge in [0.25, 0.3) is 0 Å². The summed E-state index contributed by atoms with van der Waals surface area (Å²) in [5.41, 5.74) is 6.70. The van der Waals surface area contributed by atoms with Crippen LogP contribution < -0.4 is 5.73 Å². The van der Waals surface area contributed by atoms with Crippen LogP contribution in [0.2, 0.25) is 0 Å². The number of benzene rings is 1. The van der Waals surface area contributed by atoms with E-state index in [1.807, 2.05) is 0 Å². The number of nitrogens with zero attached hydrogens (tertiary/aromatic N) is 3. The SMILES string of the molecule is Nc1csc2nc(Cc3ccc(F)cc3)nn12. The van der Waals surface area contributed by atoms with E-state index >= 15 is 0 Å². The van der Waals surface area contributed by atoms with Crippen LogP contribution in [0.15, 0.2) is 29.6 Å². The molecule has 0 aliphatic rings. The largest absolute Gasteiger partial charge is 0.383 e. The quantitative estimate of drug-likeness (QED) is 0.755. The van der Waals surface area contributed by atoms with E-state index in [2.05, 4.69) is 10.1 Å². The molecule has 2 aromatic heterocycles. The van der Waals surface area contributed by atoms with Gasteiger partial charge in [0, 0.05) is 11.8 Å². The summed E-state index contributed by atoms with van der Waals surface area (Å²) in [6, 6.07) is 6.33. The molecule has 3 aromatic rings. The molecule has 86 valence electrons. The third kappa shape index (κ3) is 1.87. The van der Waals surface area contributed by atoms with Gasteiger partial charge in [-0.3, -0.25) is 0 Å². The highest BCUT2D eigenvalue weighted by atomic mass is 32.1. The third-order valence-corrected chi connectivity index (χ3v) is 3.26. The zero-order valence-electron chi connectivity index (χ0n) is 8.80. The number of hydrogen-bond acceptors (Lipinski definition) is 4. The summed E-state index contributed by atoms with van der Waals surface area (Å²) in [7, 11) is 0. The van der Waals surface area contributed by atoms with Crippen LogP contribution in [-0.4, -0.2) is 14.6 Å². The third-order valence-electron chi connectivity index (χ3n) is 2.43. The molecule has 17 heavy (non-hydrogen) atoms. The Hall–Kier alpha value is -1.95. The highest BCUT2D eigenvalue weighted by molar-refractivity contribution is 7.15. The first kappa shape index (κ1) is 10.2. The highest BCUT2D eigenvalue weighted by Crippen LogP contribution is 2.17. The van der Waals surface area contributed by atoms with Gasteiger partial charge in [0.2, 0.25) is 4.96 Å². The number of nitrogen functional groups attached to an aromatic ring is 1. The highest BCUT2D eigenvalue weighted by Gasteiger charge is 2.08. The monoisotopic (exact) mass is 248 g/mol. The van der Waals surface area contributed by atoms with E-state index in [0.29, 0.717) is 18.1 Å². The molecule has 1 aromatic carbocycles. The lowest BCUT2D eigenvalue weighted by atomic mass is 10.1. The van der Waals surface area contributed by atoms with Crippen molar-refractivity contribution in [3.63, 3.8) is 0 Å². The maximum Gasteiger partial charge on any atom is 0.214 e. The first-order valence-electron chi connectivity index (χ1n) is 5.05. The van der Waals surface area contributed by atoms with Crippen molar-refractivity contribution < 1.29 is 4.39 Å². The molecule has 4 nitrogen and oxygen atoms in total. The maximum absolute atomic E-state index is 12.7. The van der Waals surface area contributed by atoms with Gasteiger partial charge in [-0.25, -0.2) is 9.37 Å². The average Bonchev–Trinajstić information content (AvgIpc) is 2.85. The molecule has 2 heterocycles. The summed E-state index contributed by atoms with van der Waals surface area (Å²) in [6.45, 7) is 0. The lowest BCUT2D eigenvalue weighted by Crippen LogP contribution is -1.95. The molecule has 0 spiro atoms. The number of anilines is 1. The number of hydrogen-bond donors (Lipinski definition) is 1. The second-order valence-corrected chi connectivity index (χ2v) is 4.52. The van der Waals surface area contributed by atoms with Gasteiger partial charge in [-0.15, -0.1) is 16.4 Å². The second-order valence-electron chi connectivity index (χ2n) is 3.69. The molecule has 0 saturated heterocycles. The van der Waals surface area contributed by atoms with Crippen molar-refractivity contribution in [1.82, 2.24) is 14.6 Å². The molecule has 0 unspecified atom stereocenters. The van der Waals surface area contributed by atoms with Crippen LogP contribution in [0.4, 0.5) is 10.2 Å². The van der Waals surface area contributed by atoms with Crippen LogP contribution in [-0.2, 0) is 6.42 Å². The van der Waals surface area contributed by atoms with Gasteiger partial charge in [0.1, 0.15) is 11.6 Å². The standard InChI is InChI=1S/C11H9FN4S/c12-8-3-1-7(2-4-8)5-10-14-11-16(15-10)9(13)6-17-11/h1-4,6H,5,13H2. The van der Waals surface area contributed by atoms with E-state index in [4.69, 9.17) is 5.73 Å². The van der Waals surface area contributed by atoms with E-state index in [0.717, 1.165) is 10.5 Å². The van der Waals surface area contributed by atoms with Crippen LogP contribution in [0.25, 0.3) is 4.96 Å². The van der Waals surface area contributed by atoms with Crippen molar-refractivity contribution in [2.24, 2.45) is 0 Å². The van der Waals surface area contributed by atoms with Gasteiger partial charge in [-0.2, -0.15) is 4.52 Å². The number of nitrogens with two attached hydrogens (primary N) is 1. The fourth-order valence-corrected chi connectivity index (χ4v) is 2.34. The van der Waals surface area contributed by atoms with Crippen molar-refractivity contribution >= 4 is 22.1 Å². The fraction of sp³-hybridized carbons (Fsp3) is 0.0909. The summed E-state index contributed by atoms with van der Waals surface area (Å²) < 4.78 is 14.4. The van der Waals surface area contributed by atoms with Crippen LogP contribution in [0.3, 0.4) is 0 Å². The molecular formula is C11H9FN4S. The number of halogens is 1. The van der Waals surface area contributed by atoms with Crippen LogP contribution in [0, 0.1) is 5.82 Å². The number of rotatable bonds is 2. The molecule has 6 heteroatoms. The van der Waals surface area contributed by atoms with Crippen molar-refractivity contribution in [3.05, 3.63) is 46.9 Å². The molecule has 0 bridgehead atoms. The Kier molecular flexibility index (Phi) is 2.29. The Labute approximate surface area is 101 Å². The van der Waals surface area contributed by atoms with Gasteiger partial charge >= 0.3 is 0 Å². The molecule has 0 aliphatic carbocycles. The van der Waals surface area contributed by atoms with Gasteiger partial charge in [0.15, 0.2) is 5.82 Å². The average molecular weight is 248 g/mol. The van der Waals surface area contributed by atoms with Crippen LogP contribution in [0.1, 0.15) is 11.4 Å². The number of thiazole rings is 1. The Balaban J connectivity index is 1.91. The molecule has 0 amide bonds. The maximum atomic E-state index is 12.7. The van der Waals surface area contributed by atoms with Crippen molar-refractivity contribution in [1.29, 1.82) is 0 Å². The first-order chi connectivity index (χ1) is 8.22. The predicted octanol–water partition coefficient (Wildman–Crippen LogP) is 2.10. The minimum Gasteiger partial charge on any atom is -0.383 e. The van der Waals surface area contributed by atoms with Crippen molar-refractivity contribution in [3.8, 4) is 0 Å². The minimum absolute atomic E-state index is 0.239. The Morgan fingerprint density at radius 3 is 2.76 bits per heavy atom. The summed E-state index contributed by atoms with van der Waals surface area (Å²) >= 11 is 1.45. The van der Waals surface area contributed by atoms with E-state index in [1.165, 1.54) is 23.5 Å². The summed E-state index contributed by atoms with van der Waals surface area (Å²) in [6.07, 6.45) is 0.578. The molecule has 0 aliphatic heterocycles. The number of aromatic nitrogens is 3. The smallest absolute Gasteiger partial charge is 0.214 e. The zero-order valence-corrected chi connectivity index (χ0v) is 9.62. The molecule has 0 radical (unpaired) electrons. The molecule has 2 N–H and O–H groups in total. The molecule has 0 atom stereocenters. The van der Waals surface area contributed by atoms with Gasteiger partial charge in [0.05, 0.1) is 0 Å². The van der Waals surface area contributed by atoms with Crippen molar-refractivity contribution in [2.45, 2.75) is 6.42 Å². The normalized spacial score (nSPS) is 11.1. The van der Waals surface area contributed by atoms with Gasteiger partial charge in [-0.1, -0.05) is 12.1 Å². The Morgan fingerprint density at radius 1 is 1.29 bits per heavy atom. The van der Waals surface area contributed by atoms with Crippen LogP contribution in [0.5, 0.6) is 0 Å². The first-order valence-corrected chi connectivity index (χ1v) is 5.93. The lowest BCUT2D eigenvalue weighted by Gasteiger charge is -1.96. The van der Waals surface area contributed by atoms with E-state index in [9.17, 15) is 4.39 Å². The molecule has 0 saturated carbocycles. The van der Waals surface area contributed by atoms with Gasteiger partial charge in [-0.05, 0) is 17.7 Å². The fourth-order valence-electron chi connectivity index (χ4n) is 1.61. The zero-order chi connectivity index (χ0) is 11.8. The molecular weight excluding hydrogens is 239 g/mol. The van der Waals surface area contributed by atoms with Crippen LogP contribution >= 0.6 is 11.3 Å². The van der Waals surface area contributed by atoms with E-state index in [1.54, 1.807) is 22.0 Å². The van der Waals surface area contributed by atoms with Crippen molar-refractivity contribution in [2.75, 3.05) is 5.73 Å². The topological polar surface area (TPSA) is 56.2 Å². The summed E-state index contributed by atoms with van der Waals surface area (Å²) in [5, 5.41) is 6.09. The summed E-state index contributed by atoms with van der Waals surface area (Å²) in [5.74, 6) is 1.04. The molecule has 0 fully saturated rings. The number of fused-ring (bicyclic) bond motifs is 1. The Morgan fingerprint density at radius 2 is 2.06 bits per heavy atom. The Bertz CT molecular complexity index is 656. The lowest BCUT2D eigenvalue weighted by molar-refractivity contribution is 0.627. The minimum atomic E-state index is -0.239. The van der Waals surface area contributed by atoms with Gasteiger partial charge < -0.3 is 5.73 Å². The van der Waals surface area contributed by atoms with E-state index < -0.39 is 0 Å². The van der Waals surface area contributed by atoms with E-state index in [-0.39, 0.29) is 5.82 Å². The summed E-state index contributed by atoms with van der Waals surface area (Å²) in [4.78, 5) is 5.13. The molecule has 3 rings (SSSR count).